The molecule has 0 unspecified atom stereocenters. The molecule has 0 aromatic heterocycles. The van der Waals surface area contributed by atoms with Gasteiger partial charge < -0.3 is 5.11 Å². The Labute approximate surface area is 88.9 Å². The zero-order valence-electron chi connectivity index (χ0n) is 10.9. The molecule has 0 aromatic carbocycles. The lowest BCUT2D eigenvalue weighted by molar-refractivity contribution is -0.297. The summed E-state index contributed by atoms with van der Waals surface area (Å²) in [4.78, 5) is 0. The van der Waals surface area contributed by atoms with Crippen molar-refractivity contribution in [1.82, 2.24) is 0 Å². The lowest BCUT2D eigenvalue weighted by Crippen LogP contribution is -2.72. The molecule has 1 saturated carbocycles. The fourth-order valence-electron chi connectivity index (χ4n) is 3.73. The van der Waals surface area contributed by atoms with Crippen molar-refractivity contribution in [3.63, 3.8) is 0 Å². The molecule has 0 amide bonds. The van der Waals surface area contributed by atoms with Gasteiger partial charge in [-0.2, -0.15) is 0 Å². The van der Waals surface area contributed by atoms with Crippen molar-refractivity contribution in [3.05, 3.63) is 0 Å². The average Bonchev–Trinajstić information content (AvgIpc) is 2.02. The van der Waals surface area contributed by atoms with Crippen molar-refractivity contribution >= 4 is 0 Å². The first-order chi connectivity index (χ1) is 6.06. The summed E-state index contributed by atoms with van der Waals surface area (Å²) in [6.07, 6.45) is 0.913. The highest BCUT2D eigenvalue weighted by Gasteiger charge is 2.72. The van der Waals surface area contributed by atoms with Gasteiger partial charge in [0.15, 0.2) is 0 Å². The molecule has 1 fully saturated rings. The predicted octanol–water partition coefficient (Wildman–Crippen LogP) is 3.47. The Kier molecular flexibility index (Phi) is 2.36. The topological polar surface area (TPSA) is 20.2 Å². The van der Waals surface area contributed by atoms with Crippen LogP contribution in [0.25, 0.3) is 0 Å². The van der Waals surface area contributed by atoms with E-state index < -0.39 is 0 Å². The summed E-state index contributed by atoms with van der Waals surface area (Å²) >= 11 is 0. The van der Waals surface area contributed by atoms with Crippen molar-refractivity contribution in [2.45, 2.75) is 54.9 Å². The highest BCUT2D eigenvalue weighted by atomic mass is 16.3. The molecule has 1 aliphatic rings. The lowest BCUT2D eigenvalue weighted by atomic mass is 9.27. The lowest BCUT2D eigenvalue weighted by Gasteiger charge is -2.77. The molecule has 0 bridgehead atoms. The molecule has 1 aliphatic carbocycles. The first-order valence-corrected chi connectivity index (χ1v) is 5.67. The maximum atomic E-state index is 9.20. The average molecular weight is 198 g/mol. The Hall–Kier alpha value is -0.0400. The second-order valence-corrected chi connectivity index (χ2v) is 6.68. The van der Waals surface area contributed by atoms with Gasteiger partial charge in [-0.25, -0.2) is 0 Å². The van der Waals surface area contributed by atoms with Crippen molar-refractivity contribution < 1.29 is 5.11 Å². The van der Waals surface area contributed by atoms with Gasteiger partial charge in [0.05, 0.1) is 0 Å². The van der Waals surface area contributed by atoms with Crippen molar-refractivity contribution in [1.29, 1.82) is 0 Å². The van der Waals surface area contributed by atoms with Crippen LogP contribution in [-0.4, -0.2) is 11.7 Å². The second kappa shape index (κ2) is 2.75. The van der Waals surface area contributed by atoms with Gasteiger partial charge >= 0.3 is 0 Å². The van der Waals surface area contributed by atoms with Crippen molar-refractivity contribution in [2.24, 2.45) is 21.7 Å². The minimum Gasteiger partial charge on any atom is -0.396 e. The summed E-state index contributed by atoms with van der Waals surface area (Å²) in [6, 6.07) is 0. The quantitative estimate of drug-likeness (QED) is 0.720. The van der Waals surface area contributed by atoms with E-state index in [0.717, 1.165) is 6.42 Å². The van der Waals surface area contributed by atoms with Crippen LogP contribution in [0, 0.1) is 21.7 Å². The molecule has 0 aliphatic heterocycles. The number of aliphatic hydroxyl groups excluding tert-OH is 1. The maximum absolute atomic E-state index is 9.20. The number of rotatable bonds is 2. The van der Waals surface area contributed by atoms with Crippen LogP contribution < -0.4 is 0 Å². The van der Waals surface area contributed by atoms with Gasteiger partial charge in [0.25, 0.3) is 0 Å². The highest BCUT2D eigenvalue weighted by molar-refractivity contribution is 5.20. The molecule has 0 saturated heterocycles. The molecule has 0 aromatic rings. The van der Waals surface area contributed by atoms with Crippen LogP contribution in [0.15, 0.2) is 0 Å². The third-order valence-corrected chi connectivity index (χ3v) is 6.50. The molecule has 1 N–H and O–H groups in total. The third kappa shape index (κ3) is 0.900. The molecule has 0 radical (unpaired) electrons. The van der Waals surface area contributed by atoms with E-state index in [4.69, 9.17) is 0 Å². The largest absolute Gasteiger partial charge is 0.396 e. The summed E-state index contributed by atoms with van der Waals surface area (Å²) < 4.78 is 0. The second-order valence-electron chi connectivity index (χ2n) is 6.68. The minimum absolute atomic E-state index is 0.248. The fraction of sp³-hybridized carbons (Fsp3) is 1.00. The molecule has 1 heteroatoms. The van der Waals surface area contributed by atoms with Crippen LogP contribution in [0.3, 0.4) is 0 Å². The smallest absolute Gasteiger partial charge is 0.0436 e. The van der Waals surface area contributed by atoms with E-state index in [9.17, 15) is 5.11 Å². The molecule has 84 valence electrons. The van der Waals surface area contributed by atoms with Crippen LogP contribution in [0.1, 0.15) is 54.9 Å². The van der Waals surface area contributed by atoms with E-state index in [2.05, 4.69) is 48.5 Å². The molecule has 0 heterocycles. The van der Waals surface area contributed by atoms with Gasteiger partial charge in [0.2, 0.25) is 0 Å². The van der Waals surface area contributed by atoms with E-state index in [1.165, 1.54) is 0 Å². The third-order valence-electron chi connectivity index (χ3n) is 6.50. The predicted molar refractivity (Wildman–Crippen MR) is 61.2 cm³/mol. The Morgan fingerprint density at radius 1 is 0.714 bits per heavy atom. The molecule has 1 nitrogen and oxygen atoms in total. The molecular formula is C13H26O. The summed E-state index contributed by atoms with van der Waals surface area (Å²) in [5, 5.41) is 9.20. The van der Waals surface area contributed by atoms with Gasteiger partial charge in [0, 0.05) is 6.61 Å². The Balaban J connectivity index is 3.11. The first-order valence-electron chi connectivity index (χ1n) is 5.67. The number of hydrogen-bond donors (Lipinski definition) is 1. The fourth-order valence-corrected chi connectivity index (χ4v) is 3.73. The van der Waals surface area contributed by atoms with Crippen molar-refractivity contribution in [2.75, 3.05) is 6.61 Å². The molecule has 14 heavy (non-hydrogen) atoms. The Morgan fingerprint density at radius 2 is 1.07 bits per heavy atom. The van der Waals surface area contributed by atoms with E-state index in [1.807, 2.05) is 0 Å². The van der Waals surface area contributed by atoms with Gasteiger partial charge in [-0.05, 0) is 28.1 Å². The van der Waals surface area contributed by atoms with E-state index >= 15 is 0 Å². The molecule has 1 rings (SSSR count). The number of aliphatic hydroxyl groups is 1. The van der Waals surface area contributed by atoms with Crippen molar-refractivity contribution in [3.8, 4) is 0 Å². The van der Waals surface area contributed by atoms with Crippen LogP contribution >= 0.6 is 0 Å². The van der Waals surface area contributed by atoms with Gasteiger partial charge in [-0.3, -0.25) is 0 Å². The first kappa shape index (κ1) is 12.0. The standard InChI is InChI=1S/C13H26O/c1-10(2)11(3,4)13(7,8-9-14)12(10,5)6/h14H,8-9H2,1-7H3. The van der Waals surface area contributed by atoms with E-state index in [-0.39, 0.29) is 5.41 Å². The Morgan fingerprint density at radius 3 is 1.36 bits per heavy atom. The molecular weight excluding hydrogens is 172 g/mol. The summed E-state index contributed by atoms with van der Waals surface area (Å²) in [5.74, 6) is 0. The van der Waals surface area contributed by atoms with Crippen LogP contribution in [0.5, 0.6) is 0 Å². The van der Waals surface area contributed by atoms with Crippen LogP contribution in [-0.2, 0) is 0 Å². The van der Waals surface area contributed by atoms with Gasteiger partial charge in [-0.15, -0.1) is 0 Å². The number of hydrogen-bond acceptors (Lipinski definition) is 1. The minimum atomic E-state index is 0.248. The monoisotopic (exact) mass is 198 g/mol. The van der Waals surface area contributed by atoms with Gasteiger partial charge in [-0.1, -0.05) is 48.5 Å². The summed E-state index contributed by atoms with van der Waals surface area (Å²) in [7, 11) is 0. The zero-order chi connectivity index (χ0) is 11.4. The SMILES string of the molecule is CC1(C)C(C)(C)C(C)(CCO)C1(C)C. The van der Waals surface area contributed by atoms with Crippen LogP contribution in [0.4, 0.5) is 0 Å². The van der Waals surface area contributed by atoms with Crippen LogP contribution in [0.2, 0.25) is 0 Å². The summed E-state index contributed by atoms with van der Waals surface area (Å²) in [5.41, 5.74) is 1.18. The Bertz CT molecular complexity index is 218. The summed E-state index contributed by atoms with van der Waals surface area (Å²) in [6.45, 7) is 16.7. The van der Waals surface area contributed by atoms with E-state index in [0.29, 0.717) is 22.9 Å². The van der Waals surface area contributed by atoms with E-state index in [1.54, 1.807) is 0 Å². The normalized spacial score (nSPS) is 30.9. The van der Waals surface area contributed by atoms with Gasteiger partial charge in [0.1, 0.15) is 0 Å². The maximum Gasteiger partial charge on any atom is 0.0436 e. The molecule has 0 spiro atoms. The highest BCUT2D eigenvalue weighted by Crippen LogP contribution is 2.78. The molecule has 0 atom stereocenters. The zero-order valence-corrected chi connectivity index (χ0v) is 10.9.